The summed E-state index contributed by atoms with van der Waals surface area (Å²) in [6.45, 7) is 2.00. The molecule has 2 N–H and O–H groups in total. The maximum atomic E-state index is 10.9. The van der Waals surface area contributed by atoms with Crippen LogP contribution >= 0.6 is 0 Å². The van der Waals surface area contributed by atoms with Crippen LogP contribution in [0.2, 0.25) is 0 Å². The van der Waals surface area contributed by atoms with Crippen molar-refractivity contribution in [2.75, 3.05) is 5.73 Å². The van der Waals surface area contributed by atoms with Crippen LogP contribution in [0.1, 0.15) is 19.2 Å². The highest BCUT2D eigenvalue weighted by Crippen LogP contribution is 2.23. The number of nitro groups is 1. The summed E-state index contributed by atoms with van der Waals surface area (Å²) in [5.41, 5.74) is 6.02. The highest BCUT2D eigenvalue weighted by Gasteiger charge is 2.18. The van der Waals surface area contributed by atoms with Crippen molar-refractivity contribution in [3.8, 4) is 5.69 Å². The van der Waals surface area contributed by atoms with E-state index in [4.69, 9.17) is 5.73 Å². The Morgan fingerprint density at radius 1 is 1.44 bits per heavy atom. The summed E-state index contributed by atoms with van der Waals surface area (Å²) in [6.07, 6.45) is 1.58. The lowest BCUT2D eigenvalue weighted by molar-refractivity contribution is -0.384. The smallest absolute Gasteiger partial charge is 0.295 e. The van der Waals surface area contributed by atoms with Crippen LogP contribution < -0.4 is 5.73 Å². The lowest BCUT2D eigenvalue weighted by Crippen LogP contribution is -2.05. The molecule has 0 spiro atoms. The Morgan fingerprint density at radius 3 is 2.83 bits per heavy atom. The summed E-state index contributed by atoms with van der Waals surface area (Å²) in [6, 6.07) is 6.31. The van der Waals surface area contributed by atoms with Crippen molar-refractivity contribution in [1.29, 1.82) is 0 Å². The Balaban J connectivity index is 2.51. The zero-order chi connectivity index (χ0) is 13.1. The highest BCUT2D eigenvalue weighted by molar-refractivity contribution is 5.53. The number of aryl methyl sites for hydroxylation is 1. The van der Waals surface area contributed by atoms with E-state index in [0.29, 0.717) is 17.9 Å². The van der Waals surface area contributed by atoms with Crippen molar-refractivity contribution < 1.29 is 4.92 Å². The van der Waals surface area contributed by atoms with Crippen LogP contribution in [0.25, 0.3) is 5.69 Å². The zero-order valence-electron chi connectivity index (χ0n) is 9.91. The van der Waals surface area contributed by atoms with Crippen molar-refractivity contribution in [2.24, 2.45) is 0 Å². The molecule has 0 aliphatic rings. The molecule has 0 saturated carbocycles. The second-order valence-electron chi connectivity index (χ2n) is 3.79. The Labute approximate surface area is 103 Å². The molecule has 0 amide bonds. The average Bonchev–Trinajstić information content (AvgIpc) is 2.70. The van der Waals surface area contributed by atoms with Gasteiger partial charge in [0.1, 0.15) is 5.69 Å². The maximum absolute atomic E-state index is 10.9. The molecule has 0 fully saturated rings. The summed E-state index contributed by atoms with van der Waals surface area (Å²) < 4.78 is 1.31. The van der Waals surface area contributed by atoms with Gasteiger partial charge < -0.3 is 5.73 Å². The molecule has 94 valence electrons. The van der Waals surface area contributed by atoms with Crippen LogP contribution in [0, 0.1) is 10.1 Å². The van der Waals surface area contributed by atoms with Crippen LogP contribution in [-0.2, 0) is 6.42 Å². The normalized spacial score (nSPS) is 10.5. The molecule has 2 rings (SSSR count). The molecule has 0 saturated heterocycles. The van der Waals surface area contributed by atoms with Gasteiger partial charge in [-0.2, -0.15) is 9.67 Å². The van der Waals surface area contributed by atoms with Crippen molar-refractivity contribution >= 4 is 11.6 Å². The third-order valence-electron chi connectivity index (χ3n) is 2.46. The van der Waals surface area contributed by atoms with Crippen LogP contribution in [0.5, 0.6) is 0 Å². The van der Waals surface area contributed by atoms with Gasteiger partial charge in [0.05, 0.1) is 4.92 Å². The van der Waals surface area contributed by atoms with E-state index in [2.05, 4.69) is 10.1 Å². The minimum atomic E-state index is -0.462. The monoisotopic (exact) mass is 247 g/mol. The number of rotatable bonds is 4. The summed E-state index contributed by atoms with van der Waals surface area (Å²) >= 11 is 0. The average molecular weight is 247 g/mol. The molecular formula is C11H13N5O2. The topological polar surface area (TPSA) is 99.9 Å². The van der Waals surface area contributed by atoms with Crippen molar-refractivity contribution in [3.63, 3.8) is 0 Å². The molecule has 0 unspecified atom stereocenters. The minimum absolute atomic E-state index is 0.0443. The summed E-state index contributed by atoms with van der Waals surface area (Å²) in [7, 11) is 0. The lowest BCUT2D eigenvalue weighted by Gasteiger charge is -2.02. The minimum Gasteiger partial charge on any atom is -0.368 e. The van der Waals surface area contributed by atoms with Crippen LogP contribution in [-0.4, -0.2) is 19.7 Å². The van der Waals surface area contributed by atoms with Crippen LogP contribution in [0.4, 0.5) is 11.6 Å². The van der Waals surface area contributed by atoms with E-state index in [1.165, 1.54) is 10.7 Å². The molecule has 1 aromatic heterocycles. The second kappa shape index (κ2) is 4.82. The number of benzene rings is 1. The number of nitrogens with two attached hydrogens (primary N) is 1. The Hall–Kier alpha value is -2.44. The fraction of sp³-hybridized carbons (Fsp3) is 0.273. The number of aromatic nitrogens is 3. The van der Waals surface area contributed by atoms with E-state index in [1.54, 1.807) is 18.2 Å². The largest absolute Gasteiger partial charge is 0.368 e. The van der Waals surface area contributed by atoms with Gasteiger partial charge >= 0.3 is 0 Å². The first-order valence-electron chi connectivity index (χ1n) is 5.58. The third kappa shape index (κ3) is 2.15. The molecule has 0 radical (unpaired) electrons. The Bertz CT molecular complexity index is 579. The lowest BCUT2D eigenvalue weighted by atomic mass is 10.3. The second-order valence-corrected chi connectivity index (χ2v) is 3.79. The summed E-state index contributed by atoms with van der Waals surface area (Å²) in [5.74, 6) is 0.751. The highest BCUT2D eigenvalue weighted by atomic mass is 16.6. The molecule has 2 aromatic rings. The zero-order valence-corrected chi connectivity index (χ0v) is 9.91. The number of hydrogen-bond donors (Lipinski definition) is 1. The van der Waals surface area contributed by atoms with Gasteiger partial charge in [-0.15, -0.1) is 5.10 Å². The van der Waals surface area contributed by atoms with E-state index in [0.717, 1.165) is 6.42 Å². The van der Waals surface area contributed by atoms with Gasteiger partial charge in [-0.3, -0.25) is 10.1 Å². The number of para-hydroxylation sites is 2. The van der Waals surface area contributed by atoms with Gasteiger partial charge in [-0.1, -0.05) is 19.1 Å². The molecule has 7 nitrogen and oxygen atoms in total. The number of nitrogen functional groups attached to an aromatic ring is 1. The van der Waals surface area contributed by atoms with Crippen molar-refractivity contribution in [2.45, 2.75) is 19.8 Å². The van der Waals surface area contributed by atoms with E-state index >= 15 is 0 Å². The fourth-order valence-electron chi connectivity index (χ4n) is 1.67. The fourth-order valence-corrected chi connectivity index (χ4v) is 1.67. The standard InChI is InChI=1S/C11H13N5O2/c1-2-5-10-13-11(12)15(14-10)8-6-3-4-7-9(8)16(17)18/h3-4,6-7H,2,5H2,1H3,(H2,12,13,14). The van der Waals surface area contributed by atoms with Crippen LogP contribution in [0.3, 0.4) is 0 Å². The van der Waals surface area contributed by atoms with Gasteiger partial charge in [-0.05, 0) is 12.5 Å². The number of nitrogens with zero attached hydrogens (tertiary/aromatic N) is 4. The molecule has 0 aliphatic carbocycles. The maximum Gasteiger partial charge on any atom is 0.295 e. The predicted octanol–water partition coefficient (Wildman–Crippen LogP) is 1.71. The van der Waals surface area contributed by atoms with E-state index < -0.39 is 4.92 Å². The first kappa shape index (κ1) is 12.0. The summed E-state index contributed by atoms with van der Waals surface area (Å²) in [5, 5.41) is 15.1. The first-order valence-corrected chi connectivity index (χ1v) is 5.58. The third-order valence-corrected chi connectivity index (χ3v) is 2.46. The Morgan fingerprint density at radius 2 is 2.17 bits per heavy atom. The molecule has 7 heteroatoms. The number of anilines is 1. The van der Waals surface area contributed by atoms with Gasteiger partial charge in [0.25, 0.3) is 5.69 Å². The Kier molecular flexibility index (Phi) is 3.22. The van der Waals surface area contributed by atoms with Gasteiger partial charge in [0.2, 0.25) is 5.95 Å². The summed E-state index contributed by atoms with van der Waals surface area (Å²) in [4.78, 5) is 14.6. The number of nitro benzene ring substituents is 1. The van der Waals surface area contributed by atoms with Gasteiger partial charge in [0, 0.05) is 12.5 Å². The van der Waals surface area contributed by atoms with E-state index in [9.17, 15) is 10.1 Å². The SMILES string of the molecule is CCCc1nc(N)n(-c2ccccc2[N+](=O)[O-])n1. The molecular weight excluding hydrogens is 234 g/mol. The molecule has 1 aromatic carbocycles. The van der Waals surface area contributed by atoms with Crippen molar-refractivity contribution in [1.82, 2.24) is 14.8 Å². The van der Waals surface area contributed by atoms with Gasteiger partial charge in [0.15, 0.2) is 5.82 Å². The van der Waals surface area contributed by atoms with E-state index in [-0.39, 0.29) is 11.6 Å². The van der Waals surface area contributed by atoms with Crippen molar-refractivity contribution in [3.05, 3.63) is 40.2 Å². The first-order chi connectivity index (χ1) is 8.63. The predicted molar refractivity (Wildman–Crippen MR) is 66.4 cm³/mol. The van der Waals surface area contributed by atoms with Crippen LogP contribution in [0.15, 0.2) is 24.3 Å². The molecule has 1 heterocycles. The van der Waals surface area contributed by atoms with Gasteiger partial charge in [-0.25, -0.2) is 0 Å². The molecule has 18 heavy (non-hydrogen) atoms. The molecule has 0 aliphatic heterocycles. The number of hydrogen-bond acceptors (Lipinski definition) is 5. The quantitative estimate of drug-likeness (QED) is 0.654. The molecule has 0 bridgehead atoms. The van der Waals surface area contributed by atoms with E-state index in [1.807, 2.05) is 6.92 Å². The molecule has 0 atom stereocenters.